The van der Waals surface area contributed by atoms with Crippen LogP contribution in [0, 0.1) is 52.3 Å². The molecular formula is C38H60N2O2. The first kappa shape index (κ1) is 29.8. The van der Waals surface area contributed by atoms with Crippen LogP contribution in [0.15, 0.2) is 30.3 Å². The van der Waals surface area contributed by atoms with Crippen LogP contribution in [0.4, 0.5) is 0 Å². The van der Waals surface area contributed by atoms with Crippen LogP contribution >= 0.6 is 0 Å². The van der Waals surface area contributed by atoms with Gasteiger partial charge in [0.25, 0.3) is 0 Å². The number of piperazine rings is 1. The molecule has 2 saturated heterocycles. The molecule has 2 heterocycles. The maximum atomic E-state index is 7.04. The number of hydrogen-bond donors (Lipinski definition) is 1. The molecule has 1 N–H and O–H groups in total. The normalized spacial score (nSPS) is 46.0. The summed E-state index contributed by atoms with van der Waals surface area (Å²) in [5.41, 5.74) is 2.33. The molecule has 0 aromatic heterocycles. The fourth-order valence-corrected chi connectivity index (χ4v) is 12.1. The molecule has 6 aliphatic rings. The number of benzene rings is 1. The Labute approximate surface area is 257 Å². The number of nitrogens with zero attached hydrogens (tertiary/aromatic N) is 1. The van der Waals surface area contributed by atoms with Gasteiger partial charge in [-0.1, -0.05) is 58.0 Å². The highest BCUT2D eigenvalue weighted by molar-refractivity contribution is 5.15. The van der Waals surface area contributed by atoms with Gasteiger partial charge in [-0.25, -0.2) is 0 Å². The Morgan fingerprint density at radius 3 is 2.57 bits per heavy atom. The summed E-state index contributed by atoms with van der Waals surface area (Å²) in [5, 5.41) is 3.50. The maximum absolute atomic E-state index is 7.04. The van der Waals surface area contributed by atoms with E-state index in [0.29, 0.717) is 29.1 Å². The SMILES string of the molecule is C[C@@H](CC[C@H]1O[C@H]2C[C@H]3[C@@H]4CC[C@@H]5C[C@@H](OCc6ccccc6)CC[C@]5(C)[C@H]4CC[C@]3(C)[C@H]2[C@@H]1C)CN1CCNCC1. The first-order valence-corrected chi connectivity index (χ1v) is 18.1. The van der Waals surface area contributed by atoms with Gasteiger partial charge in [0.2, 0.25) is 0 Å². The lowest BCUT2D eigenvalue weighted by Gasteiger charge is -2.61. The lowest BCUT2D eigenvalue weighted by molar-refractivity contribution is -0.139. The van der Waals surface area contributed by atoms with E-state index in [1.807, 2.05) is 0 Å². The molecule has 4 aliphatic carbocycles. The van der Waals surface area contributed by atoms with Crippen molar-refractivity contribution < 1.29 is 9.47 Å². The summed E-state index contributed by atoms with van der Waals surface area (Å²) in [6.45, 7) is 17.3. The number of fused-ring (bicyclic) bond motifs is 7. The van der Waals surface area contributed by atoms with Gasteiger partial charge in [-0.2, -0.15) is 0 Å². The van der Waals surface area contributed by atoms with Crippen molar-refractivity contribution in [2.45, 2.75) is 117 Å². The Morgan fingerprint density at radius 1 is 0.976 bits per heavy atom. The van der Waals surface area contributed by atoms with E-state index in [9.17, 15) is 0 Å². The molecule has 4 nitrogen and oxygen atoms in total. The van der Waals surface area contributed by atoms with E-state index in [1.165, 1.54) is 89.4 Å². The second-order valence-electron chi connectivity index (χ2n) is 16.5. The zero-order valence-electron chi connectivity index (χ0n) is 27.2. The molecule has 4 saturated carbocycles. The van der Waals surface area contributed by atoms with Crippen molar-refractivity contribution in [3.63, 3.8) is 0 Å². The van der Waals surface area contributed by atoms with Crippen LogP contribution in [-0.4, -0.2) is 55.9 Å². The average molecular weight is 577 g/mol. The van der Waals surface area contributed by atoms with Crippen LogP contribution in [0.2, 0.25) is 0 Å². The van der Waals surface area contributed by atoms with Gasteiger partial charge in [-0.05, 0) is 122 Å². The van der Waals surface area contributed by atoms with Crippen LogP contribution in [0.3, 0.4) is 0 Å². The van der Waals surface area contributed by atoms with Crippen molar-refractivity contribution in [2.24, 2.45) is 52.3 Å². The molecule has 7 rings (SSSR count). The lowest BCUT2D eigenvalue weighted by Crippen LogP contribution is -2.54. The molecule has 0 amide bonds. The quantitative estimate of drug-likeness (QED) is 0.346. The van der Waals surface area contributed by atoms with Gasteiger partial charge >= 0.3 is 0 Å². The van der Waals surface area contributed by atoms with Crippen molar-refractivity contribution in [1.29, 1.82) is 0 Å². The van der Waals surface area contributed by atoms with E-state index in [1.54, 1.807) is 0 Å². The smallest absolute Gasteiger partial charge is 0.0720 e. The minimum absolute atomic E-state index is 0.449. The van der Waals surface area contributed by atoms with Crippen molar-refractivity contribution in [3.8, 4) is 0 Å². The van der Waals surface area contributed by atoms with Crippen molar-refractivity contribution in [3.05, 3.63) is 35.9 Å². The van der Waals surface area contributed by atoms with Gasteiger partial charge in [0, 0.05) is 32.7 Å². The zero-order chi connectivity index (χ0) is 28.9. The summed E-state index contributed by atoms with van der Waals surface area (Å²) in [7, 11) is 0. The van der Waals surface area contributed by atoms with Crippen molar-refractivity contribution >= 4 is 0 Å². The van der Waals surface area contributed by atoms with E-state index in [-0.39, 0.29) is 0 Å². The van der Waals surface area contributed by atoms with Crippen LogP contribution < -0.4 is 5.32 Å². The Morgan fingerprint density at radius 2 is 1.76 bits per heavy atom. The molecule has 0 spiro atoms. The summed E-state index contributed by atoms with van der Waals surface area (Å²) in [4.78, 5) is 2.67. The third kappa shape index (κ3) is 5.43. The van der Waals surface area contributed by atoms with Crippen LogP contribution in [0.25, 0.3) is 0 Å². The van der Waals surface area contributed by atoms with Gasteiger partial charge in [-0.3, -0.25) is 0 Å². The minimum Gasteiger partial charge on any atom is -0.374 e. The fraction of sp³-hybridized carbons (Fsp3) is 0.842. The lowest BCUT2D eigenvalue weighted by atomic mass is 9.44. The van der Waals surface area contributed by atoms with Gasteiger partial charge in [0.1, 0.15) is 0 Å². The highest BCUT2D eigenvalue weighted by Gasteiger charge is 2.65. The minimum atomic E-state index is 0.449. The molecule has 1 aromatic rings. The summed E-state index contributed by atoms with van der Waals surface area (Å²) in [5.74, 6) is 5.84. The van der Waals surface area contributed by atoms with Crippen molar-refractivity contribution in [1.82, 2.24) is 10.2 Å². The summed E-state index contributed by atoms with van der Waals surface area (Å²) >= 11 is 0. The molecule has 2 aliphatic heterocycles. The predicted octanol–water partition coefficient (Wildman–Crippen LogP) is 7.57. The average Bonchev–Trinajstić information content (AvgIpc) is 3.48. The number of rotatable bonds is 8. The standard InChI is InChI=1S/C38H60N2O2/c1-26(24-40-20-18-39-19-21-40)10-13-34-27(2)36-35(42-34)23-33-31-12-11-29-22-30(41-25-28-8-6-5-7-9-28)14-16-37(29,3)32(31)15-17-38(33,36)4/h5-9,26-27,29-36,39H,10-25H2,1-4H3/t26-,27+,29+,30-,31+,32-,33-,34+,35-,36-,37-,38-/m0/s1. The summed E-state index contributed by atoms with van der Waals surface area (Å²) in [6.07, 6.45) is 15.1. The zero-order valence-corrected chi connectivity index (χ0v) is 27.2. The molecule has 12 atom stereocenters. The summed E-state index contributed by atoms with van der Waals surface area (Å²) in [6, 6.07) is 10.8. The number of hydrogen-bond acceptors (Lipinski definition) is 4. The first-order valence-electron chi connectivity index (χ1n) is 18.1. The Kier molecular flexibility index (Phi) is 8.57. The largest absolute Gasteiger partial charge is 0.374 e. The monoisotopic (exact) mass is 576 g/mol. The molecule has 4 heteroatoms. The second kappa shape index (κ2) is 12.1. The van der Waals surface area contributed by atoms with Crippen LogP contribution in [-0.2, 0) is 16.1 Å². The topological polar surface area (TPSA) is 33.7 Å². The molecule has 0 bridgehead atoms. The number of nitrogens with one attached hydrogen (secondary N) is 1. The molecule has 0 radical (unpaired) electrons. The maximum Gasteiger partial charge on any atom is 0.0720 e. The predicted molar refractivity (Wildman–Crippen MR) is 171 cm³/mol. The Balaban J connectivity index is 0.948. The molecule has 42 heavy (non-hydrogen) atoms. The first-order chi connectivity index (χ1) is 20.3. The molecule has 234 valence electrons. The van der Waals surface area contributed by atoms with E-state index < -0.39 is 0 Å². The third-order valence-electron chi connectivity index (χ3n) is 14.3. The third-order valence-corrected chi connectivity index (χ3v) is 14.3. The fourth-order valence-electron chi connectivity index (χ4n) is 12.1. The van der Waals surface area contributed by atoms with E-state index >= 15 is 0 Å². The van der Waals surface area contributed by atoms with Crippen molar-refractivity contribution in [2.75, 3.05) is 32.7 Å². The summed E-state index contributed by atoms with van der Waals surface area (Å²) < 4.78 is 13.6. The van der Waals surface area contributed by atoms with Gasteiger partial charge in [0.15, 0.2) is 0 Å². The van der Waals surface area contributed by atoms with E-state index in [2.05, 4.69) is 68.2 Å². The molecule has 6 fully saturated rings. The molecular weight excluding hydrogens is 516 g/mol. The Bertz CT molecular complexity index is 1040. The Hall–Kier alpha value is -0.940. The van der Waals surface area contributed by atoms with E-state index in [0.717, 1.165) is 61.1 Å². The van der Waals surface area contributed by atoms with Gasteiger partial charge < -0.3 is 19.7 Å². The molecule has 0 unspecified atom stereocenters. The highest BCUT2D eigenvalue weighted by atomic mass is 16.5. The second-order valence-corrected chi connectivity index (χ2v) is 16.5. The highest BCUT2D eigenvalue weighted by Crippen LogP contribution is 2.70. The molecule has 1 aromatic carbocycles. The van der Waals surface area contributed by atoms with E-state index in [4.69, 9.17) is 9.47 Å². The van der Waals surface area contributed by atoms with Gasteiger partial charge in [-0.15, -0.1) is 0 Å². The van der Waals surface area contributed by atoms with Gasteiger partial charge in [0.05, 0.1) is 24.9 Å². The number of ether oxygens (including phenoxy) is 2. The van der Waals surface area contributed by atoms with Crippen LogP contribution in [0.1, 0.15) is 97.5 Å². The van der Waals surface area contributed by atoms with Crippen LogP contribution in [0.5, 0.6) is 0 Å².